The molecule has 8 heteroatoms. The number of carbonyl (C=O) groups is 3. The largest absolute Gasteiger partial charge is 0.508 e. The minimum atomic E-state index is -1.14. The van der Waals surface area contributed by atoms with Gasteiger partial charge in [-0.15, -0.1) is 0 Å². The van der Waals surface area contributed by atoms with Crippen LogP contribution in [0.25, 0.3) is 0 Å². The molecular weight excluding hydrogens is 388 g/mol. The molecule has 1 atom stereocenters. The van der Waals surface area contributed by atoms with E-state index >= 15 is 0 Å². The summed E-state index contributed by atoms with van der Waals surface area (Å²) in [5.74, 6) is -0.901. The summed E-state index contributed by atoms with van der Waals surface area (Å²) in [6.45, 7) is 5.27. The molecule has 166 valence electrons. The predicted octanol–water partition coefficient (Wildman–Crippen LogP) is 2.82. The molecule has 1 fully saturated rings. The Morgan fingerprint density at radius 3 is 2.23 bits per heavy atom. The van der Waals surface area contributed by atoms with Crippen molar-refractivity contribution in [2.75, 3.05) is 7.11 Å². The second-order valence-corrected chi connectivity index (χ2v) is 8.69. The Labute approximate surface area is 177 Å². The topological polar surface area (TPSA) is 114 Å². The van der Waals surface area contributed by atoms with Crippen molar-refractivity contribution in [1.29, 1.82) is 0 Å². The molecular formula is C22H32N2O6. The zero-order chi connectivity index (χ0) is 22.4. The molecule has 0 spiro atoms. The second-order valence-electron chi connectivity index (χ2n) is 8.69. The van der Waals surface area contributed by atoms with Crippen molar-refractivity contribution in [2.24, 2.45) is 0 Å². The van der Waals surface area contributed by atoms with Crippen molar-refractivity contribution in [3.05, 3.63) is 29.8 Å². The van der Waals surface area contributed by atoms with E-state index in [4.69, 9.17) is 9.47 Å². The summed E-state index contributed by atoms with van der Waals surface area (Å²) in [6, 6.07) is 5.45. The zero-order valence-electron chi connectivity index (χ0n) is 18.1. The third-order valence-corrected chi connectivity index (χ3v) is 5.05. The number of hydrogen-bond donors (Lipinski definition) is 3. The van der Waals surface area contributed by atoms with Crippen LogP contribution >= 0.6 is 0 Å². The molecule has 1 aromatic rings. The first kappa shape index (κ1) is 23.5. The zero-order valence-corrected chi connectivity index (χ0v) is 18.1. The van der Waals surface area contributed by atoms with Gasteiger partial charge in [-0.2, -0.15) is 0 Å². The van der Waals surface area contributed by atoms with Crippen molar-refractivity contribution >= 4 is 18.0 Å². The summed E-state index contributed by atoms with van der Waals surface area (Å²) in [5, 5.41) is 15.0. The summed E-state index contributed by atoms with van der Waals surface area (Å²) in [6.07, 6.45) is 3.00. The van der Waals surface area contributed by atoms with Gasteiger partial charge in [0.25, 0.3) is 0 Å². The van der Waals surface area contributed by atoms with E-state index in [1.54, 1.807) is 32.9 Å². The molecule has 0 saturated heterocycles. The number of methoxy groups -OCH3 is 1. The second kappa shape index (κ2) is 9.82. The van der Waals surface area contributed by atoms with Crippen LogP contribution in [0.1, 0.15) is 58.4 Å². The Bertz CT molecular complexity index is 748. The Hall–Kier alpha value is -2.77. The van der Waals surface area contributed by atoms with Gasteiger partial charge in [0.15, 0.2) is 0 Å². The molecule has 0 aliphatic heterocycles. The van der Waals surface area contributed by atoms with Crippen LogP contribution in [0.15, 0.2) is 24.3 Å². The van der Waals surface area contributed by atoms with E-state index in [2.05, 4.69) is 10.6 Å². The first-order valence-electron chi connectivity index (χ1n) is 10.2. The molecule has 2 amide bonds. The summed E-state index contributed by atoms with van der Waals surface area (Å²) in [7, 11) is 1.26. The average molecular weight is 421 g/mol. The van der Waals surface area contributed by atoms with E-state index in [0.29, 0.717) is 12.8 Å². The first-order chi connectivity index (χ1) is 14.0. The Morgan fingerprint density at radius 2 is 1.70 bits per heavy atom. The van der Waals surface area contributed by atoms with Crippen LogP contribution in [0.3, 0.4) is 0 Å². The van der Waals surface area contributed by atoms with Gasteiger partial charge in [0.05, 0.1) is 7.11 Å². The molecule has 8 nitrogen and oxygen atoms in total. The number of benzene rings is 1. The maximum atomic E-state index is 13.3. The SMILES string of the molecule is COC(=O)[C@H](Cc1ccc(O)cc1)NC(=O)C1(NC(=O)OC(C)(C)C)CCCCC1. The van der Waals surface area contributed by atoms with Gasteiger partial charge in [-0.1, -0.05) is 31.4 Å². The first-order valence-corrected chi connectivity index (χ1v) is 10.2. The normalized spacial score (nSPS) is 16.8. The molecule has 1 aliphatic rings. The monoisotopic (exact) mass is 420 g/mol. The number of phenolic OH excluding ortho intramolecular Hbond substituents is 1. The highest BCUT2D eigenvalue weighted by atomic mass is 16.6. The number of esters is 1. The summed E-state index contributed by atoms with van der Waals surface area (Å²) in [5.41, 5.74) is -1.08. The molecule has 1 saturated carbocycles. The van der Waals surface area contributed by atoms with Gasteiger partial charge >= 0.3 is 12.1 Å². The lowest BCUT2D eigenvalue weighted by Gasteiger charge is -2.37. The maximum Gasteiger partial charge on any atom is 0.408 e. The fourth-order valence-electron chi connectivity index (χ4n) is 3.56. The van der Waals surface area contributed by atoms with Crippen molar-refractivity contribution in [3.8, 4) is 5.75 Å². The van der Waals surface area contributed by atoms with Crippen LogP contribution < -0.4 is 10.6 Å². The Morgan fingerprint density at radius 1 is 1.10 bits per heavy atom. The average Bonchev–Trinajstić information content (AvgIpc) is 2.67. The predicted molar refractivity (Wildman–Crippen MR) is 111 cm³/mol. The summed E-state index contributed by atoms with van der Waals surface area (Å²) < 4.78 is 10.2. The van der Waals surface area contributed by atoms with Crippen LogP contribution in [0.2, 0.25) is 0 Å². The lowest BCUT2D eigenvalue weighted by molar-refractivity contribution is -0.146. The van der Waals surface area contributed by atoms with Gasteiger partial charge in [0, 0.05) is 6.42 Å². The van der Waals surface area contributed by atoms with E-state index in [0.717, 1.165) is 24.8 Å². The number of phenols is 1. The number of amides is 2. The Balaban J connectivity index is 2.18. The van der Waals surface area contributed by atoms with E-state index in [9.17, 15) is 19.5 Å². The smallest absolute Gasteiger partial charge is 0.408 e. The van der Waals surface area contributed by atoms with Crippen LogP contribution in [0, 0.1) is 0 Å². The molecule has 0 radical (unpaired) electrons. The fraction of sp³-hybridized carbons (Fsp3) is 0.591. The molecule has 0 aromatic heterocycles. The van der Waals surface area contributed by atoms with Crippen LogP contribution in [-0.4, -0.2) is 47.4 Å². The van der Waals surface area contributed by atoms with E-state index in [1.165, 1.54) is 19.2 Å². The number of nitrogens with one attached hydrogen (secondary N) is 2. The number of aromatic hydroxyl groups is 1. The quantitative estimate of drug-likeness (QED) is 0.610. The molecule has 0 heterocycles. The molecule has 2 rings (SSSR count). The van der Waals surface area contributed by atoms with Gasteiger partial charge in [-0.05, 0) is 51.3 Å². The minimum absolute atomic E-state index is 0.111. The summed E-state index contributed by atoms with van der Waals surface area (Å²) in [4.78, 5) is 38.0. The number of alkyl carbamates (subject to hydrolysis) is 1. The van der Waals surface area contributed by atoms with Crippen molar-refractivity contribution < 1.29 is 29.0 Å². The molecule has 0 unspecified atom stereocenters. The van der Waals surface area contributed by atoms with Gasteiger partial charge in [-0.25, -0.2) is 9.59 Å². The van der Waals surface area contributed by atoms with E-state index in [-0.39, 0.29) is 12.2 Å². The van der Waals surface area contributed by atoms with Crippen molar-refractivity contribution in [2.45, 2.75) is 76.5 Å². The fourth-order valence-corrected chi connectivity index (χ4v) is 3.56. The van der Waals surface area contributed by atoms with E-state index < -0.39 is 35.2 Å². The molecule has 3 N–H and O–H groups in total. The number of rotatable bonds is 6. The molecule has 30 heavy (non-hydrogen) atoms. The summed E-state index contributed by atoms with van der Waals surface area (Å²) >= 11 is 0. The lowest BCUT2D eigenvalue weighted by Crippen LogP contribution is -2.62. The highest BCUT2D eigenvalue weighted by Crippen LogP contribution is 2.29. The third-order valence-electron chi connectivity index (χ3n) is 5.05. The van der Waals surface area contributed by atoms with Gasteiger partial charge < -0.3 is 25.2 Å². The molecule has 1 aromatic carbocycles. The van der Waals surface area contributed by atoms with Crippen molar-refractivity contribution in [1.82, 2.24) is 10.6 Å². The van der Waals surface area contributed by atoms with Crippen LogP contribution in [0.5, 0.6) is 5.75 Å². The maximum absolute atomic E-state index is 13.3. The van der Waals surface area contributed by atoms with E-state index in [1.807, 2.05) is 0 Å². The van der Waals surface area contributed by atoms with Crippen LogP contribution in [0.4, 0.5) is 4.79 Å². The molecule has 1 aliphatic carbocycles. The van der Waals surface area contributed by atoms with Gasteiger partial charge in [-0.3, -0.25) is 4.79 Å². The van der Waals surface area contributed by atoms with Gasteiger partial charge in [0.2, 0.25) is 5.91 Å². The number of ether oxygens (including phenoxy) is 2. The highest BCUT2D eigenvalue weighted by molar-refractivity contribution is 5.93. The lowest BCUT2D eigenvalue weighted by atomic mass is 9.80. The third kappa shape index (κ3) is 6.64. The van der Waals surface area contributed by atoms with Crippen LogP contribution in [-0.2, 0) is 25.5 Å². The highest BCUT2D eigenvalue weighted by Gasteiger charge is 2.43. The molecule has 0 bridgehead atoms. The van der Waals surface area contributed by atoms with Gasteiger partial charge in [0.1, 0.15) is 22.9 Å². The minimum Gasteiger partial charge on any atom is -0.508 e. The standard InChI is InChI=1S/C22H32N2O6/c1-21(2,3)30-20(28)24-22(12-6-5-7-13-22)19(27)23-17(18(26)29-4)14-15-8-10-16(25)11-9-15/h8-11,17,25H,5-7,12-14H2,1-4H3,(H,23,27)(H,24,28)/t17-/m0/s1. The Kier molecular flexibility index (Phi) is 7.70. The number of hydrogen-bond acceptors (Lipinski definition) is 6. The number of carbonyl (C=O) groups excluding carboxylic acids is 3. The van der Waals surface area contributed by atoms with Crippen molar-refractivity contribution in [3.63, 3.8) is 0 Å².